The molecule has 24 heavy (non-hydrogen) atoms. The third kappa shape index (κ3) is 3.88. The first-order valence-electron chi connectivity index (χ1n) is 8.07. The van der Waals surface area contributed by atoms with Gasteiger partial charge in [0, 0.05) is 29.6 Å². The first-order chi connectivity index (χ1) is 11.4. The zero-order valence-electron chi connectivity index (χ0n) is 14.3. The van der Waals surface area contributed by atoms with E-state index in [0.717, 1.165) is 19.3 Å². The van der Waals surface area contributed by atoms with Gasteiger partial charge in [0.25, 0.3) is 0 Å². The predicted octanol–water partition coefficient (Wildman–Crippen LogP) is 3.29. The van der Waals surface area contributed by atoms with Gasteiger partial charge in [-0.3, -0.25) is 0 Å². The van der Waals surface area contributed by atoms with Crippen molar-refractivity contribution < 1.29 is 8.42 Å². The highest BCUT2D eigenvalue weighted by Gasteiger charge is 2.32. The molecule has 132 valence electrons. The summed E-state index contributed by atoms with van der Waals surface area (Å²) >= 11 is 6.07. The van der Waals surface area contributed by atoms with Crippen LogP contribution in [0.15, 0.2) is 35.4 Å². The van der Waals surface area contributed by atoms with Gasteiger partial charge >= 0.3 is 0 Å². The minimum atomic E-state index is -3.51. The van der Waals surface area contributed by atoms with E-state index in [1.807, 2.05) is 21.0 Å². The zero-order valence-corrected chi connectivity index (χ0v) is 15.9. The average molecular weight is 370 g/mol. The van der Waals surface area contributed by atoms with Gasteiger partial charge < -0.3 is 5.32 Å². The van der Waals surface area contributed by atoms with Crippen molar-refractivity contribution in [1.82, 2.24) is 14.6 Å². The van der Waals surface area contributed by atoms with Gasteiger partial charge in [-0.1, -0.05) is 30.2 Å². The lowest BCUT2D eigenvalue weighted by Crippen LogP contribution is -2.41. The van der Waals surface area contributed by atoms with Crippen molar-refractivity contribution in [3.8, 4) is 0 Å². The molecule has 2 aromatic rings. The Bertz CT molecular complexity index is 796. The lowest BCUT2D eigenvalue weighted by atomic mass is 10.1. The van der Waals surface area contributed by atoms with E-state index < -0.39 is 10.0 Å². The Morgan fingerprint density at radius 3 is 2.58 bits per heavy atom. The molecule has 1 saturated heterocycles. The van der Waals surface area contributed by atoms with E-state index in [4.69, 9.17) is 11.6 Å². The molecule has 0 radical (unpaired) electrons. The normalized spacial score (nSPS) is 18.9. The van der Waals surface area contributed by atoms with Crippen LogP contribution in [-0.2, 0) is 10.0 Å². The first kappa shape index (κ1) is 19.1. The summed E-state index contributed by atoms with van der Waals surface area (Å²) in [4.78, 5) is 4.33. The van der Waals surface area contributed by atoms with Crippen molar-refractivity contribution in [2.24, 2.45) is 0 Å². The number of fused-ring (bicyclic) bond motifs is 1. The van der Waals surface area contributed by atoms with Crippen LogP contribution in [0.2, 0.25) is 5.15 Å². The van der Waals surface area contributed by atoms with Crippen LogP contribution in [0.3, 0.4) is 0 Å². The Labute approximate surface area is 149 Å². The molecule has 3 rings (SSSR count). The number of hydrogen-bond donors (Lipinski definition) is 1. The third-order valence-corrected chi connectivity index (χ3v) is 6.42. The van der Waals surface area contributed by atoms with Gasteiger partial charge in [0.2, 0.25) is 10.0 Å². The smallest absolute Gasteiger partial charge is 0.243 e. The topological polar surface area (TPSA) is 62.3 Å². The SMILES string of the molecule is CC1CCCCN1S(=O)(=O)c1cccc2c(Cl)nccc12.CNC. The number of rotatable bonds is 2. The van der Waals surface area contributed by atoms with E-state index in [2.05, 4.69) is 10.3 Å². The van der Waals surface area contributed by atoms with Crippen LogP contribution in [0.5, 0.6) is 0 Å². The molecule has 1 aromatic carbocycles. The molecule has 1 fully saturated rings. The van der Waals surface area contributed by atoms with E-state index in [-0.39, 0.29) is 6.04 Å². The molecule has 1 unspecified atom stereocenters. The molecule has 0 amide bonds. The number of hydrogen-bond acceptors (Lipinski definition) is 4. The summed E-state index contributed by atoms with van der Waals surface area (Å²) in [5.41, 5.74) is 0. The van der Waals surface area contributed by atoms with Crippen LogP contribution < -0.4 is 5.32 Å². The first-order valence-corrected chi connectivity index (χ1v) is 9.88. The molecule has 0 saturated carbocycles. The van der Waals surface area contributed by atoms with Crippen LogP contribution in [0.4, 0.5) is 0 Å². The summed E-state index contributed by atoms with van der Waals surface area (Å²) in [6.45, 7) is 2.55. The Kier molecular flexibility index (Phi) is 6.57. The van der Waals surface area contributed by atoms with Crippen LogP contribution in [0, 0.1) is 0 Å². The van der Waals surface area contributed by atoms with E-state index >= 15 is 0 Å². The minimum absolute atomic E-state index is 0.0383. The summed E-state index contributed by atoms with van der Waals surface area (Å²) in [5.74, 6) is 0. The number of sulfonamides is 1. The summed E-state index contributed by atoms with van der Waals surface area (Å²) in [7, 11) is 0.242. The summed E-state index contributed by atoms with van der Waals surface area (Å²) < 4.78 is 27.6. The summed E-state index contributed by atoms with van der Waals surface area (Å²) in [5, 5.41) is 4.39. The molecule has 1 aromatic heterocycles. The number of halogens is 1. The number of nitrogens with zero attached hydrogens (tertiary/aromatic N) is 2. The molecule has 1 atom stereocenters. The second-order valence-corrected chi connectivity index (χ2v) is 8.13. The van der Waals surface area contributed by atoms with Gasteiger partial charge in [0.15, 0.2) is 0 Å². The van der Waals surface area contributed by atoms with Crippen molar-refractivity contribution in [2.45, 2.75) is 37.1 Å². The molecule has 2 heterocycles. The van der Waals surface area contributed by atoms with Gasteiger partial charge in [-0.2, -0.15) is 4.31 Å². The van der Waals surface area contributed by atoms with E-state index in [1.165, 1.54) is 0 Å². The standard InChI is InChI=1S/C15H17ClN2O2S.C2H7N/c1-11-5-2-3-10-18(11)21(19,20)14-7-4-6-13-12(14)8-9-17-15(13)16;1-3-2/h4,6-9,11H,2-3,5,10H2,1H3;3H,1-2H3. The lowest BCUT2D eigenvalue weighted by molar-refractivity contribution is 0.269. The van der Waals surface area contributed by atoms with E-state index in [0.29, 0.717) is 27.4 Å². The molecule has 0 bridgehead atoms. The quantitative estimate of drug-likeness (QED) is 0.825. The van der Waals surface area contributed by atoms with Crippen molar-refractivity contribution in [3.63, 3.8) is 0 Å². The van der Waals surface area contributed by atoms with E-state index in [9.17, 15) is 8.42 Å². The molecule has 7 heteroatoms. The van der Waals surface area contributed by atoms with Crippen molar-refractivity contribution in [2.75, 3.05) is 20.6 Å². The Morgan fingerprint density at radius 2 is 1.92 bits per heavy atom. The van der Waals surface area contributed by atoms with Gasteiger partial charge in [0.05, 0.1) is 4.90 Å². The number of nitrogens with one attached hydrogen (secondary N) is 1. The maximum atomic E-state index is 13.0. The van der Waals surface area contributed by atoms with Crippen LogP contribution in [0.25, 0.3) is 10.8 Å². The van der Waals surface area contributed by atoms with Gasteiger partial charge in [-0.15, -0.1) is 0 Å². The maximum Gasteiger partial charge on any atom is 0.243 e. The Morgan fingerprint density at radius 1 is 1.21 bits per heavy atom. The second-order valence-electron chi connectivity index (χ2n) is 5.91. The van der Waals surface area contributed by atoms with Gasteiger partial charge in [-0.25, -0.2) is 13.4 Å². The molecule has 1 aliphatic rings. The third-order valence-electron chi connectivity index (χ3n) is 4.05. The number of piperidine rings is 1. The van der Waals surface area contributed by atoms with Crippen molar-refractivity contribution >= 4 is 32.4 Å². The second kappa shape index (κ2) is 8.25. The Hall–Kier alpha value is -1.21. The zero-order chi connectivity index (χ0) is 17.7. The predicted molar refractivity (Wildman–Crippen MR) is 98.9 cm³/mol. The minimum Gasteiger partial charge on any atom is -0.323 e. The molecule has 1 N–H and O–H groups in total. The molecule has 0 aliphatic carbocycles. The fraction of sp³-hybridized carbons (Fsp3) is 0.471. The fourth-order valence-corrected chi connectivity index (χ4v) is 5.05. The lowest BCUT2D eigenvalue weighted by Gasteiger charge is -2.32. The molecular formula is C17H24ClN3O2S. The largest absolute Gasteiger partial charge is 0.323 e. The van der Waals surface area contributed by atoms with Crippen LogP contribution >= 0.6 is 11.6 Å². The van der Waals surface area contributed by atoms with Crippen molar-refractivity contribution in [1.29, 1.82) is 0 Å². The fourth-order valence-electron chi connectivity index (χ4n) is 2.92. The van der Waals surface area contributed by atoms with E-state index in [1.54, 1.807) is 34.8 Å². The Balaban J connectivity index is 0.000000647. The molecule has 5 nitrogen and oxygen atoms in total. The van der Waals surface area contributed by atoms with Crippen molar-refractivity contribution in [3.05, 3.63) is 35.6 Å². The number of aromatic nitrogens is 1. The average Bonchev–Trinajstić information content (AvgIpc) is 2.56. The van der Waals surface area contributed by atoms with Crippen LogP contribution in [0.1, 0.15) is 26.2 Å². The molecular weight excluding hydrogens is 346 g/mol. The van der Waals surface area contributed by atoms with Gasteiger partial charge in [-0.05, 0) is 46.0 Å². The molecule has 0 spiro atoms. The summed E-state index contributed by atoms with van der Waals surface area (Å²) in [6.07, 6.45) is 4.45. The monoisotopic (exact) mass is 369 g/mol. The highest BCUT2D eigenvalue weighted by atomic mass is 35.5. The van der Waals surface area contributed by atoms with Gasteiger partial charge in [0.1, 0.15) is 5.15 Å². The maximum absolute atomic E-state index is 13.0. The highest BCUT2D eigenvalue weighted by molar-refractivity contribution is 7.89. The summed E-state index contributed by atoms with van der Waals surface area (Å²) in [6, 6.07) is 6.91. The number of pyridine rings is 1. The van der Waals surface area contributed by atoms with Crippen LogP contribution in [-0.4, -0.2) is 44.4 Å². The number of benzene rings is 1. The highest BCUT2D eigenvalue weighted by Crippen LogP contribution is 2.31. The molecule has 1 aliphatic heterocycles.